The molecule has 0 bridgehead atoms. The lowest BCUT2D eigenvalue weighted by Crippen LogP contribution is -2.56. The summed E-state index contributed by atoms with van der Waals surface area (Å²) in [7, 11) is 0. The summed E-state index contributed by atoms with van der Waals surface area (Å²) >= 11 is 0. The molecule has 3 nitrogen and oxygen atoms in total. The van der Waals surface area contributed by atoms with Gasteiger partial charge in [-0.15, -0.1) is 13.0 Å². The minimum Gasteiger partial charge on any atom is -0.445 e. The summed E-state index contributed by atoms with van der Waals surface area (Å²) in [6.07, 6.45) is 4.68. The number of carbonyl (C=O) groups is 1. The standard InChI is InChI=1S/C19H29FN2O/c1-5-22(10-8-6-7-9-11-22)16(4)19(23)21-18-14(2)12-17(20)13-15(18)3/h10,12-13,16H,5-9,11H2,1-4H3,(H,21,23). The average Bonchev–Trinajstić information content (AvgIpc) is 2.76. The molecule has 23 heavy (non-hydrogen) atoms. The molecule has 2 atom stereocenters. The van der Waals surface area contributed by atoms with Crippen molar-refractivity contribution < 1.29 is 13.7 Å². The first kappa shape index (κ1) is 17.9. The molecule has 0 radical (unpaired) electrons. The number of nitrogens with one attached hydrogen (secondary N) is 1. The summed E-state index contributed by atoms with van der Waals surface area (Å²) < 4.78 is 14.2. The number of quaternary nitrogens is 1. The van der Waals surface area contributed by atoms with Crippen LogP contribution in [0.15, 0.2) is 12.1 Å². The molecule has 1 N–H and O–H groups in total. The predicted molar refractivity (Wildman–Crippen MR) is 92.4 cm³/mol. The molecule has 0 aliphatic carbocycles. The molecular weight excluding hydrogens is 291 g/mol. The van der Waals surface area contributed by atoms with Crippen molar-refractivity contribution in [2.75, 3.05) is 18.4 Å². The Balaban J connectivity index is 2.19. The molecule has 1 aromatic rings. The number of likely N-dealkylation sites (tertiary alicyclic amines) is 1. The molecule has 1 fully saturated rings. The minimum absolute atomic E-state index is 0.0165. The van der Waals surface area contributed by atoms with Gasteiger partial charge in [-0.25, -0.2) is 4.39 Å². The number of halogens is 1. The highest BCUT2D eigenvalue weighted by Crippen LogP contribution is 2.27. The van der Waals surface area contributed by atoms with Crippen molar-refractivity contribution >= 4 is 11.6 Å². The third-order valence-corrected chi connectivity index (χ3v) is 5.26. The van der Waals surface area contributed by atoms with Gasteiger partial charge in [-0.2, -0.15) is 0 Å². The zero-order valence-corrected chi connectivity index (χ0v) is 14.8. The van der Waals surface area contributed by atoms with E-state index in [0.717, 1.165) is 47.2 Å². The van der Waals surface area contributed by atoms with Crippen LogP contribution in [0.1, 0.15) is 50.7 Å². The van der Waals surface area contributed by atoms with Crippen molar-refractivity contribution in [1.82, 2.24) is 0 Å². The molecule has 2 rings (SSSR count). The van der Waals surface area contributed by atoms with Crippen molar-refractivity contribution in [3.8, 4) is 0 Å². The molecular formula is C19H29FN2O. The molecule has 1 saturated heterocycles. The van der Waals surface area contributed by atoms with Crippen LogP contribution < -0.4 is 5.32 Å². The van der Waals surface area contributed by atoms with E-state index < -0.39 is 0 Å². The van der Waals surface area contributed by atoms with Gasteiger partial charge in [-0.05, 0) is 57.4 Å². The number of carbonyl (C=O) groups excluding carboxylic acids is 1. The Hall–Kier alpha value is -1.42. The summed E-state index contributed by atoms with van der Waals surface area (Å²) in [4.78, 5) is 12.8. The highest BCUT2D eigenvalue weighted by Gasteiger charge is 2.32. The number of hydrogen-bond acceptors (Lipinski definition) is 1. The van der Waals surface area contributed by atoms with Gasteiger partial charge in [0.15, 0.2) is 0 Å². The predicted octanol–water partition coefficient (Wildman–Crippen LogP) is 4.34. The molecule has 0 aromatic heterocycles. The van der Waals surface area contributed by atoms with E-state index in [-0.39, 0.29) is 17.8 Å². The third kappa shape index (κ3) is 3.92. The third-order valence-electron chi connectivity index (χ3n) is 5.26. The molecule has 0 spiro atoms. The summed E-state index contributed by atoms with van der Waals surface area (Å²) in [6.45, 7) is 12.1. The van der Waals surface area contributed by atoms with Crippen LogP contribution in [0, 0.1) is 26.2 Å². The maximum absolute atomic E-state index is 13.4. The number of hydrogen-bond donors (Lipinski definition) is 1. The van der Waals surface area contributed by atoms with Gasteiger partial charge in [0.05, 0.1) is 13.1 Å². The monoisotopic (exact) mass is 320 g/mol. The number of likely N-dealkylation sites (N-methyl/N-ethyl adjacent to an activating group) is 1. The number of aryl methyl sites for hydroxylation is 2. The van der Waals surface area contributed by atoms with Gasteiger partial charge in [0.2, 0.25) is 0 Å². The first-order valence-corrected chi connectivity index (χ1v) is 8.68. The van der Waals surface area contributed by atoms with Crippen LogP contribution in [0.2, 0.25) is 0 Å². The zero-order valence-electron chi connectivity index (χ0n) is 14.8. The van der Waals surface area contributed by atoms with Gasteiger partial charge in [0.1, 0.15) is 11.9 Å². The molecule has 0 saturated carbocycles. The SMILES string of the molecule is CC[N+]1(C(C)C(=O)Nc2c(C)cc(F)cc2C)[CH-]CCCCC1. The number of benzene rings is 1. The Morgan fingerprint density at radius 3 is 2.57 bits per heavy atom. The first-order chi connectivity index (χ1) is 10.9. The van der Waals surface area contributed by atoms with Gasteiger partial charge >= 0.3 is 0 Å². The van der Waals surface area contributed by atoms with E-state index in [4.69, 9.17) is 0 Å². The Kier molecular flexibility index (Phi) is 5.79. The van der Waals surface area contributed by atoms with E-state index in [9.17, 15) is 9.18 Å². The van der Waals surface area contributed by atoms with Gasteiger partial charge < -0.3 is 9.80 Å². The second kappa shape index (κ2) is 7.43. The van der Waals surface area contributed by atoms with Crippen LogP contribution in [0.3, 0.4) is 0 Å². The summed E-state index contributed by atoms with van der Waals surface area (Å²) in [5.74, 6) is -0.244. The fourth-order valence-electron chi connectivity index (χ4n) is 3.65. The Labute approximate surface area is 139 Å². The zero-order chi connectivity index (χ0) is 17.0. The largest absolute Gasteiger partial charge is 0.445 e. The topological polar surface area (TPSA) is 29.1 Å². The van der Waals surface area contributed by atoms with Gasteiger partial charge in [0, 0.05) is 5.69 Å². The van der Waals surface area contributed by atoms with Crippen LogP contribution in [0.25, 0.3) is 0 Å². The van der Waals surface area contributed by atoms with Gasteiger partial charge in [0.25, 0.3) is 5.91 Å². The maximum atomic E-state index is 13.4. The molecule has 1 heterocycles. The lowest BCUT2D eigenvalue weighted by Gasteiger charge is -2.50. The van der Waals surface area contributed by atoms with Crippen LogP contribution >= 0.6 is 0 Å². The van der Waals surface area contributed by atoms with Crippen LogP contribution in [-0.4, -0.2) is 29.5 Å². The molecule has 1 aliphatic heterocycles. The highest BCUT2D eigenvalue weighted by atomic mass is 19.1. The van der Waals surface area contributed by atoms with Crippen LogP contribution in [0.5, 0.6) is 0 Å². The Morgan fingerprint density at radius 1 is 1.30 bits per heavy atom. The van der Waals surface area contributed by atoms with Crippen molar-refractivity contribution in [2.45, 2.75) is 59.4 Å². The summed E-state index contributed by atoms with van der Waals surface area (Å²) in [5, 5.41) is 3.04. The van der Waals surface area contributed by atoms with Crippen LogP contribution in [-0.2, 0) is 4.79 Å². The molecule has 4 heteroatoms. The number of nitrogens with zero attached hydrogens (tertiary/aromatic N) is 1. The van der Waals surface area contributed by atoms with E-state index >= 15 is 0 Å². The Bertz CT molecular complexity index is 539. The smallest absolute Gasteiger partial charge is 0.280 e. The van der Waals surface area contributed by atoms with E-state index in [1.54, 1.807) is 0 Å². The van der Waals surface area contributed by atoms with Crippen LogP contribution in [0.4, 0.5) is 10.1 Å². The fourth-order valence-corrected chi connectivity index (χ4v) is 3.65. The molecule has 2 unspecified atom stereocenters. The lowest BCUT2D eigenvalue weighted by atomic mass is 10.1. The van der Waals surface area contributed by atoms with Crippen molar-refractivity contribution in [1.29, 1.82) is 0 Å². The van der Waals surface area contributed by atoms with Crippen molar-refractivity contribution in [3.63, 3.8) is 0 Å². The van der Waals surface area contributed by atoms with Crippen molar-refractivity contribution in [3.05, 3.63) is 35.6 Å². The lowest BCUT2D eigenvalue weighted by molar-refractivity contribution is -0.911. The number of amides is 1. The normalized spacial score (nSPS) is 23.2. The van der Waals surface area contributed by atoms with Gasteiger partial charge in [-0.1, -0.05) is 12.8 Å². The first-order valence-electron chi connectivity index (χ1n) is 8.68. The van der Waals surface area contributed by atoms with Crippen molar-refractivity contribution in [2.24, 2.45) is 0 Å². The second-order valence-electron chi connectivity index (χ2n) is 6.75. The van der Waals surface area contributed by atoms with Gasteiger partial charge in [-0.3, -0.25) is 4.79 Å². The highest BCUT2D eigenvalue weighted by molar-refractivity contribution is 5.95. The number of rotatable bonds is 4. The Morgan fingerprint density at radius 2 is 1.96 bits per heavy atom. The summed E-state index contributed by atoms with van der Waals surface area (Å²) in [6, 6.07) is 2.80. The number of anilines is 1. The average molecular weight is 320 g/mol. The quantitative estimate of drug-likeness (QED) is 0.649. The van der Waals surface area contributed by atoms with E-state index in [0.29, 0.717) is 0 Å². The molecule has 128 valence electrons. The minimum atomic E-state index is -0.260. The maximum Gasteiger partial charge on any atom is 0.280 e. The molecule has 1 aliphatic rings. The summed E-state index contributed by atoms with van der Waals surface area (Å²) in [5.41, 5.74) is 2.28. The van der Waals surface area contributed by atoms with E-state index in [2.05, 4.69) is 18.8 Å². The molecule has 1 aromatic carbocycles. The second-order valence-corrected chi connectivity index (χ2v) is 6.75. The van der Waals surface area contributed by atoms with E-state index in [1.807, 2.05) is 20.8 Å². The van der Waals surface area contributed by atoms with E-state index in [1.165, 1.54) is 25.0 Å². The molecule has 1 amide bonds. The fraction of sp³-hybridized carbons (Fsp3) is 0.579.